The lowest BCUT2D eigenvalue weighted by molar-refractivity contribution is 0.183. The molecule has 0 aliphatic heterocycles. The van der Waals surface area contributed by atoms with Gasteiger partial charge in [0, 0.05) is 30.1 Å². The highest BCUT2D eigenvalue weighted by atomic mass is 35.5. The predicted octanol–water partition coefficient (Wildman–Crippen LogP) is 3.30. The molecule has 0 atom stereocenters. The number of rotatable bonds is 6. The van der Waals surface area contributed by atoms with Crippen molar-refractivity contribution in [3.63, 3.8) is 0 Å². The minimum atomic E-state index is -0.154. The maximum Gasteiger partial charge on any atom is 0.262 e. The van der Waals surface area contributed by atoms with E-state index in [9.17, 15) is 9.59 Å². The van der Waals surface area contributed by atoms with Crippen molar-refractivity contribution < 1.29 is 4.74 Å². The second-order valence-corrected chi connectivity index (χ2v) is 8.19. The van der Waals surface area contributed by atoms with E-state index in [0.717, 1.165) is 5.56 Å². The van der Waals surface area contributed by atoms with E-state index in [1.54, 1.807) is 36.1 Å². The molecule has 0 bridgehead atoms. The molecule has 0 amide bonds. The summed E-state index contributed by atoms with van der Waals surface area (Å²) in [5.74, 6) is 0.394. The van der Waals surface area contributed by atoms with E-state index in [4.69, 9.17) is 16.3 Å². The third kappa shape index (κ3) is 4.12. The zero-order valence-electron chi connectivity index (χ0n) is 16.5. The van der Waals surface area contributed by atoms with Gasteiger partial charge in [0.1, 0.15) is 5.65 Å². The van der Waals surface area contributed by atoms with E-state index < -0.39 is 0 Å². The maximum atomic E-state index is 13.0. The highest BCUT2D eigenvalue weighted by Gasteiger charge is 2.13. The molecule has 4 aromatic rings. The number of aromatic nitrogens is 4. The molecule has 0 radical (unpaired) electrons. The molecule has 3 heterocycles. The Morgan fingerprint density at radius 2 is 1.97 bits per heavy atom. The first-order chi connectivity index (χ1) is 14.5. The van der Waals surface area contributed by atoms with Crippen LogP contribution in [0.1, 0.15) is 11.3 Å². The van der Waals surface area contributed by atoms with Crippen molar-refractivity contribution >= 4 is 39.9 Å². The van der Waals surface area contributed by atoms with Crippen LogP contribution in [0.15, 0.2) is 57.3 Å². The van der Waals surface area contributed by atoms with Gasteiger partial charge in [-0.1, -0.05) is 23.4 Å². The third-order valence-electron chi connectivity index (χ3n) is 4.63. The van der Waals surface area contributed by atoms with Gasteiger partial charge in [-0.25, -0.2) is 9.97 Å². The van der Waals surface area contributed by atoms with Crippen LogP contribution in [0.25, 0.3) is 16.6 Å². The summed E-state index contributed by atoms with van der Waals surface area (Å²) in [4.78, 5) is 34.6. The van der Waals surface area contributed by atoms with E-state index in [2.05, 4.69) is 9.97 Å². The Labute approximate surface area is 181 Å². The molecule has 30 heavy (non-hydrogen) atoms. The van der Waals surface area contributed by atoms with Crippen LogP contribution in [0.3, 0.4) is 0 Å². The van der Waals surface area contributed by atoms with Crippen LogP contribution in [-0.4, -0.2) is 32.7 Å². The number of benzene rings is 1. The number of methoxy groups -OCH3 is 1. The number of pyridine rings is 1. The van der Waals surface area contributed by atoms with Gasteiger partial charge in [0.25, 0.3) is 11.1 Å². The molecule has 9 heteroatoms. The summed E-state index contributed by atoms with van der Waals surface area (Å²) in [6.45, 7) is 2.70. The zero-order chi connectivity index (χ0) is 21.3. The lowest BCUT2D eigenvalue weighted by Crippen LogP contribution is -2.25. The molecule has 1 aromatic carbocycles. The smallest absolute Gasteiger partial charge is 0.262 e. The molecule has 154 valence electrons. The first-order valence-electron chi connectivity index (χ1n) is 9.27. The summed E-state index contributed by atoms with van der Waals surface area (Å²) in [6, 6.07) is 10.3. The van der Waals surface area contributed by atoms with Crippen LogP contribution >= 0.6 is 23.4 Å². The highest BCUT2D eigenvalue weighted by Crippen LogP contribution is 2.23. The molecule has 0 saturated heterocycles. The lowest BCUT2D eigenvalue weighted by Gasteiger charge is -2.13. The summed E-state index contributed by atoms with van der Waals surface area (Å²) in [6.07, 6.45) is 1.72. The number of hydrogen-bond acceptors (Lipinski definition) is 6. The van der Waals surface area contributed by atoms with Crippen molar-refractivity contribution in [2.45, 2.75) is 24.4 Å². The molecule has 0 saturated carbocycles. The van der Waals surface area contributed by atoms with Gasteiger partial charge in [-0.3, -0.25) is 18.6 Å². The molecule has 0 fully saturated rings. The standard InChI is InChI=1S/C21H19ClN4O3S/c1-13-5-6-25-18(9-13)23-15(11-19(25)27)12-30-21-24-17-10-14(22)3-4-16(17)20(28)26(21)7-8-29-2/h3-6,9-11H,7-8,12H2,1-2H3. The Bertz CT molecular complexity index is 1370. The average molecular weight is 443 g/mol. The summed E-state index contributed by atoms with van der Waals surface area (Å²) < 4.78 is 8.24. The molecule has 0 spiro atoms. The van der Waals surface area contributed by atoms with Crippen LogP contribution in [0, 0.1) is 6.92 Å². The Kier molecular flexibility index (Phi) is 5.90. The van der Waals surface area contributed by atoms with Gasteiger partial charge in [-0.15, -0.1) is 0 Å². The number of ether oxygens (including phenoxy) is 1. The molecule has 4 rings (SSSR count). The van der Waals surface area contributed by atoms with Crippen LogP contribution < -0.4 is 11.1 Å². The van der Waals surface area contributed by atoms with Crippen LogP contribution in [0.2, 0.25) is 5.02 Å². The first kappa shape index (κ1) is 20.6. The normalized spacial score (nSPS) is 11.4. The van der Waals surface area contributed by atoms with Crippen molar-refractivity contribution in [1.82, 2.24) is 18.9 Å². The minimum Gasteiger partial charge on any atom is -0.383 e. The van der Waals surface area contributed by atoms with Gasteiger partial charge in [-0.2, -0.15) is 0 Å². The molecule has 3 aromatic heterocycles. The van der Waals surface area contributed by atoms with E-state index in [1.165, 1.54) is 22.2 Å². The van der Waals surface area contributed by atoms with E-state index in [1.807, 2.05) is 19.1 Å². The topological polar surface area (TPSA) is 78.5 Å². The third-order valence-corrected chi connectivity index (χ3v) is 5.87. The predicted molar refractivity (Wildman–Crippen MR) is 119 cm³/mol. The van der Waals surface area contributed by atoms with Crippen LogP contribution in [-0.2, 0) is 17.0 Å². The Balaban J connectivity index is 1.73. The zero-order valence-corrected chi connectivity index (χ0v) is 18.0. The average Bonchev–Trinajstić information content (AvgIpc) is 2.71. The number of halogens is 1. The summed E-state index contributed by atoms with van der Waals surface area (Å²) in [5, 5.41) is 1.54. The Morgan fingerprint density at radius 1 is 1.13 bits per heavy atom. The molecule has 0 aliphatic carbocycles. The SMILES string of the molecule is COCCn1c(SCc2cc(=O)n3ccc(C)cc3n2)nc2cc(Cl)ccc2c1=O. The van der Waals surface area contributed by atoms with Crippen molar-refractivity contribution in [1.29, 1.82) is 0 Å². The quantitative estimate of drug-likeness (QED) is 0.337. The number of nitrogens with zero attached hydrogens (tertiary/aromatic N) is 4. The Morgan fingerprint density at radius 3 is 2.77 bits per heavy atom. The second kappa shape index (κ2) is 8.59. The number of aryl methyl sites for hydroxylation is 1. The van der Waals surface area contributed by atoms with Crippen molar-refractivity contribution in [3.8, 4) is 0 Å². The first-order valence-corrected chi connectivity index (χ1v) is 10.6. The molecule has 0 unspecified atom stereocenters. The summed E-state index contributed by atoms with van der Waals surface area (Å²) in [5.41, 5.74) is 2.46. The summed E-state index contributed by atoms with van der Waals surface area (Å²) in [7, 11) is 1.58. The van der Waals surface area contributed by atoms with Gasteiger partial charge < -0.3 is 4.74 Å². The lowest BCUT2D eigenvalue weighted by atomic mass is 10.2. The molecular weight excluding hydrogens is 424 g/mol. The second-order valence-electron chi connectivity index (χ2n) is 6.81. The van der Waals surface area contributed by atoms with Gasteiger partial charge in [-0.05, 0) is 42.8 Å². The Hall–Kier alpha value is -2.68. The fraction of sp³-hybridized carbons (Fsp3) is 0.238. The fourth-order valence-electron chi connectivity index (χ4n) is 3.13. The molecule has 7 nitrogen and oxygen atoms in total. The van der Waals surface area contributed by atoms with Gasteiger partial charge >= 0.3 is 0 Å². The molecular formula is C21H19ClN4O3S. The van der Waals surface area contributed by atoms with Gasteiger partial charge in [0.2, 0.25) is 0 Å². The van der Waals surface area contributed by atoms with E-state index in [0.29, 0.717) is 51.3 Å². The van der Waals surface area contributed by atoms with E-state index >= 15 is 0 Å². The van der Waals surface area contributed by atoms with Gasteiger partial charge in [0.15, 0.2) is 5.16 Å². The van der Waals surface area contributed by atoms with Crippen LogP contribution in [0.5, 0.6) is 0 Å². The maximum absolute atomic E-state index is 13.0. The monoisotopic (exact) mass is 442 g/mol. The van der Waals surface area contributed by atoms with Crippen molar-refractivity contribution in [2.24, 2.45) is 0 Å². The minimum absolute atomic E-state index is 0.148. The highest BCUT2D eigenvalue weighted by molar-refractivity contribution is 7.98. The number of thioether (sulfide) groups is 1. The summed E-state index contributed by atoms with van der Waals surface area (Å²) >= 11 is 7.43. The van der Waals surface area contributed by atoms with Crippen molar-refractivity contribution in [3.05, 3.63) is 79.6 Å². The largest absolute Gasteiger partial charge is 0.383 e. The van der Waals surface area contributed by atoms with E-state index in [-0.39, 0.29) is 11.1 Å². The van der Waals surface area contributed by atoms with Crippen LogP contribution in [0.4, 0.5) is 0 Å². The van der Waals surface area contributed by atoms with Gasteiger partial charge in [0.05, 0.1) is 29.7 Å². The van der Waals surface area contributed by atoms with Crippen molar-refractivity contribution in [2.75, 3.05) is 13.7 Å². The molecule has 0 N–H and O–H groups in total. The fourth-order valence-corrected chi connectivity index (χ4v) is 4.21. The number of hydrogen-bond donors (Lipinski definition) is 0. The number of fused-ring (bicyclic) bond motifs is 2. The molecule has 0 aliphatic rings.